The van der Waals surface area contributed by atoms with Crippen molar-refractivity contribution >= 4 is 29.3 Å². The van der Waals surface area contributed by atoms with Crippen molar-refractivity contribution in [3.05, 3.63) is 65.0 Å². The van der Waals surface area contributed by atoms with E-state index in [1.165, 1.54) is 11.8 Å². The molecule has 1 aliphatic heterocycles. The number of anilines is 1. The molecule has 1 aromatic heterocycles. The molecular weight excluding hydrogens is 448 g/mol. The lowest BCUT2D eigenvalue weighted by Gasteiger charge is -2.22. The smallest absolute Gasteiger partial charge is 0.234 e. The van der Waals surface area contributed by atoms with Gasteiger partial charge in [-0.2, -0.15) is 0 Å². The van der Waals surface area contributed by atoms with Crippen LogP contribution in [0.2, 0.25) is 0 Å². The average molecular weight is 479 g/mol. The molecule has 0 aliphatic carbocycles. The highest BCUT2D eigenvalue weighted by Gasteiger charge is 2.28. The fraction of sp³-hybridized carbons (Fsp3) is 0.360. The van der Waals surface area contributed by atoms with E-state index in [0.717, 1.165) is 53.3 Å². The van der Waals surface area contributed by atoms with Gasteiger partial charge in [-0.1, -0.05) is 36.0 Å². The minimum absolute atomic E-state index is 0.119. The number of thioether (sulfide) groups is 1. The topological polar surface area (TPSA) is 106 Å². The molecule has 1 atom stereocenters. The van der Waals surface area contributed by atoms with Crippen LogP contribution in [0.5, 0.6) is 0 Å². The molecule has 1 saturated heterocycles. The van der Waals surface area contributed by atoms with Gasteiger partial charge in [0, 0.05) is 12.2 Å². The Hall–Kier alpha value is -3.17. The highest BCUT2D eigenvalue weighted by molar-refractivity contribution is 7.99. The van der Waals surface area contributed by atoms with Gasteiger partial charge < -0.3 is 11.1 Å². The van der Waals surface area contributed by atoms with Crippen molar-refractivity contribution in [2.75, 3.05) is 17.6 Å². The first kappa shape index (κ1) is 24.0. The van der Waals surface area contributed by atoms with Crippen LogP contribution in [0.15, 0.2) is 47.6 Å². The maximum absolute atomic E-state index is 12.7. The second-order valence-electron chi connectivity index (χ2n) is 8.72. The second kappa shape index (κ2) is 10.4. The number of nitrogens with one attached hydrogen (secondary N) is 1. The summed E-state index contributed by atoms with van der Waals surface area (Å²) in [6.45, 7) is 7.49. The standard InChI is InChI=1S/C25H30N6O2S/c1-16-9-10-17(2)22(12-16)31-18(3)28-29-25(31)34-15-23(32)27-20-7-4-6-19(13-20)14-30-11-5-8-21(30)24(26)33/h4,6-7,9-10,12-13,21H,5,8,11,14-15H2,1-3H3,(H2,26,33)(H,27,32). The molecule has 3 aromatic rings. The number of nitrogens with zero attached hydrogens (tertiary/aromatic N) is 4. The molecule has 2 heterocycles. The van der Waals surface area contributed by atoms with Gasteiger partial charge in [-0.25, -0.2) is 0 Å². The lowest BCUT2D eigenvalue weighted by molar-refractivity contribution is -0.122. The van der Waals surface area contributed by atoms with Crippen LogP contribution in [-0.2, 0) is 16.1 Å². The number of hydrogen-bond donors (Lipinski definition) is 2. The summed E-state index contributed by atoms with van der Waals surface area (Å²) >= 11 is 1.36. The molecule has 0 radical (unpaired) electrons. The third-order valence-corrected chi connectivity index (χ3v) is 6.95. The molecule has 2 amide bonds. The molecule has 34 heavy (non-hydrogen) atoms. The number of aromatic nitrogens is 3. The molecule has 0 bridgehead atoms. The van der Waals surface area contributed by atoms with E-state index in [-0.39, 0.29) is 23.6 Å². The van der Waals surface area contributed by atoms with Gasteiger partial charge in [0.1, 0.15) is 5.82 Å². The first-order chi connectivity index (χ1) is 16.3. The Morgan fingerprint density at radius 1 is 1.15 bits per heavy atom. The highest BCUT2D eigenvalue weighted by atomic mass is 32.2. The normalized spacial score (nSPS) is 16.0. The molecule has 2 aromatic carbocycles. The van der Waals surface area contributed by atoms with Gasteiger partial charge in [-0.15, -0.1) is 10.2 Å². The first-order valence-corrected chi connectivity index (χ1v) is 12.3. The van der Waals surface area contributed by atoms with Crippen LogP contribution in [-0.4, -0.2) is 49.8 Å². The molecule has 9 heteroatoms. The van der Waals surface area contributed by atoms with Crippen molar-refractivity contribution in [3.8, 4) is 5.69 Å². The van der Waals surface area contributed by atoms with E-state index in [0.29, 0.717) is 11.7 Å². The Balaban J connectivity index is 1.40. The van der Waals surface area contributed by atoms with E-state index in [9.17, 15) is 9.59 Å². The van der Waals surface area contributed by atoms with Gasteiger partial charge in [-0.05, 0) is 75.0 Å². The number of nitrogens with two attached hydrogens (primary N) is 1. The van der Waals surface area contributed by atoms with Crippen LogP contribution in [0.3, 0.4) is 0 Å². The number of rotatable bonds is 8. The molecule has 1 fully saturated rings. The molecule has 0 saturated carbocycles. The Kier molecular flexibility index (Phi) is 7.33. The summed E-state index contributed by atoms with van der Waals surface area (Å²) < 4.78 is 1.99. The summed E-state index contributed by atoms with van der Waals surface area (Å²) in [4.78, 5) is 26.5. The summed E-state index contributed by atoms with van der Waals surface area (Å²) in [5, 5.41) is 12.2. The number of aryl methyl sites for hydroxylation is 3. The number of primary amides is 1. The zero-order valence-corrected chi connectivity index (χ0v) is 20.6. The molecule has 8 nitrogen and oxygen atoms in total. The van der Waals surface area contributed by atoms with Crippen LogP contribution in [0, 0.1) is 20.8 Å². The molecule has 4 rings (SSSR count). The molecule has 1 unspecified atom stereocenters. The SMILES string of the molecule is Cc1ccc(C)c(-n2c(C)nnc2SCC(=O)Nc2cccc(CN3CCCC3C(N)=O)c2)c1. The zero-order valence-electron chi connectivity index (χ0n) is 19.7. The Morgan fingerprint density at radius 3 is 2.76 bits per heavy atom. The van der Waals surface area contributed by atoms with Crippen molar-refractivity contribution in [1.82, 2.24) is 19.7 Å². The monoisotopic (exact) mass is 478 g/mol. The van der Waals surface area contributed by atoms with Crippen LogP contribution >= 0.6 is 11.8 Å². The van der Waals surface area contributed by atoms with Gasteiger partial charge in [0.15, 0.2) is 5.16 Å². The Labute approximate surface area is 203 Å². The summed E-state index contributed by atoms with van der Waals surface area (Å²) in [7, 11) is 0. The van der Waals surface area contributed by atoms with Crippen molar-refractivity contribution in [2.24, 2.45) is 5.73 Å². The second-order valence-corrected chi connectivity index (χ2v) is 9.67. The molecule has 178 valence electrons. The Morgan fingerprint density at radius 2 is 1.97 bits per heavy atom. The van der Waals surface area contributed by atoms with Gasteiger partial charge in [-0.3, -0.25) is 19.1 Å². The van der Waals surface area contributed by atoms with E-state index < -0.39 is 0 Å². The van der Waals surface area contributed by atoms with Crippen molar-refractivity contribution < 1.29 is 9.59 Å². The summed E-state index contributed by atoms with van der Waals surface area (Å²) in [5.41, 5.74) is 10.6. The minimum Gasteiger partial charge on any atom is -0.368 e. The quantitative estimate of drug-likeness (QED) is 0.481. The van der Waals surface area contributed by atoms with Crippen molar-refractivity contribution in [3.63, 3.8) is 0 Å². The minimum atomic E-state index is -0.275. The largest absolute Gasteiger partial charge is 0.368 e. The van der Waals surface area contributed by atoms with E-state index in [2.05, 4.69) is 52.5 Å². The van der Waals surface area contributed by atoms with Crippen molar-refractivity contribution in [2.45, 2.75) is 51.4 Å². The van der Waals surface area contributed by atoms with Gasteiger partial charge >= 0.3 is 0 Å². The van der Waals surface area contributed by atoms with Gasteiger partial charge in [0.25, 0.3) is 0 Å². The van der Waals surface area contributed by atoms with Crippen LogP contribution < -0.4 is 11.1 Å². The highest BCUT2D eigenvalue weighted by Crippen LogP contribution is 2.25. The van der Waals surface area contributed by atoms with E-state index in [4.69, 9.17) is 5.73 Å². The molecule has 0 spiro atoms. The fourth-order valence-corrected chi connectivity index (χ4v) is 5.11. The van der Waals surface area contributed by atoms with Gasteiger partial charge in [0.05, 0.1) is 17.5 Å². The van der Waals surface area contributed by atoms with Crippen LogP contribution in [0.1, 0.15) is 35.4 Å². The van der Waals surface area contributed by atoms with Crippen LogP contribution in [0.4, 0.5) is 5.69 Å². The average Bonchev–Trinajstić information content (AvgIpc) is 3.40. The lowest BCUT2D eigenvalue weighted by Crippen LogP contribution is -2.39. The van der Waals surface area contributed by atoms with Crippen LogP contribution in [0.25, 0.3) is 5.69 Å². The lowest BCUT2D eigenvalue weighted by atomic mass is 10.1. The van der Waals surface area contributed by atoms with E-state index in [1.807, 2.05) is 35.8 Å². The molecule has 1 aliphatic rings. The number of hydrogen-bond acceptors (Lipinski definition) is 6. The third kappa shape index (κ3) is 5.48. The summed E-state index contributed by atoms with van der Waals surface area (Å²) in [6.07, 6.45) is 1.77. The molecular formula is C25H30N6O2S. The predicted octanol–water partition coefficient (Wildman–Crippen LogP) is 3.37. The third-order valence-electron chi connectivity index (χ3n) is 6.02. The number of amides is 2. The maximum Gasteiger partial charge on any atom is 0.234 e. The predicted molar refractivity (Wildman–Crippen MR) is 134 cm³/mol. The van der Waals surface area contributed by atoms with E-state index in [1.54, 1.807) is 0 Å². The van der Waals surface area contributed by atoms with Crippen molar-refractivity contribution in [1.29, 1.82) is 0 Å². The first-order valence-electron chi connectivity index (χ1n) is 11.4. The van der Waals surface area contributed by atoms with Gasteiger partial charge in [0.2, 0.25) is 11.8 Å². The number of benzene rings is 2. The number of likely N-dealkylation sites (tertiary alicyclic amines) is 1. The zero-order chi connectivity index (χ0) is 24.2. The van der Waals surface area contributed by atoms with E-state index >= 15 is 0 Å². The summed E-state index contributed by atoms with van der Waals surface area (Å²) in [5.74, 6) is 0.596. The fourth-order valence-electron chi connectivity index (χ4n) is 4.32. The Bertz CT molecular complexity index is 1210. The summed E-state index contributed by atoms with van der Waals surface area (Å²) in [6, 6.07) is 13.8. The molecule has 3 N–H and O–H groups in total. The number of carbonyl (C=O) groups excluding carboxylic acids is 2. The maximum atomic E-state index is 12.7. The number of carbonyl (C=O) groups is 2.